The molecule has 28 heavy (non-hydrogen) atoms. The molecule has 0 unspecified atom stereocenters. The van der Waals surface area contributed by atoms with Gasteiger partial charge in [-0.15, -0.1) is 0 Å². The highest BCUT2D eigenvalue weighted by atomic mass is 32.2. The molecule has 1 saturated heterocycles. The number of sulfonamides is 1. The van der Waals surface area contributed by atoms with E-state index in [-0.39, 0.29) is 9.79 Å². The molecule has 0 saturated carbocycles. The highest BCUT2D eigenvalue weighted by Gasteiger charge is 2.28. The summed E-state index contributed by atoms with van der Waals surface area (Å²) in [6.07, 6.45) is 2.93. The topological polar surface area (TPSA) is 89.3 Å². The van der Waals surface area contributed by atoms with E-state index in [1.54, 1.807) is 24.3 Å². The molecule has 9 heteroatoms. The van der Waals surface area contributed by atoms with E-state index >= 15 is 0 Å². The maximum absolute atomic E-state index is 13.0. The fourth-order valence-electron chi connectivity index (χ4n) is 3.40. The van der Waals surface area contributed by atoms with Crippen molar-refractivity contribution in [2.24, 2.45) is 5.92 Å². The third kappa shape index (κ3) is 3.23. The van der Waals surface area contributed by atoms with E-state index in [9.17, 15) is 16.8 Å². The average molecular weight is 420 g/mol. The Balaban J connectivity index is 1.66. The minimum atomic E-state index is -3.87. The van der Waals surface area contributed by atoms with Crippen LogP contribution in [0, 0.1) is 5.92 Å². The zero-order chi connectivity index (χ0) is 19.9. The van der Waals surface area contributed by atoms with Gasteiger partial charge in [0.1, 0.15) is 6.33 Å². The lowest BCUT2D eigenvalue weighted by Gasteiger charge is -2.29. The molecule has 4 rings (SSSR count). The molecule has 3 aromatic rings. The fraction of sp³-hybridized carbons (Fsp3) is 0.316. The fourth-order valence-corrected chi connectivity index (χ4v) is 6.16. The van der Waals surface area contributed by atoms with Crippen LogP contribution in [0.1, 0.15) is 19.8 Å². The van der Waals surface area contributed by atoms with E-state index in [0.717, 1.165) is 16.8 Å². The number of imidazole rings is 1. The summed E-state index contributed by atoms with van der Waals surface area (Å²) in [7, 11) is -7.49. The number of piperidine rings is 1. The summed E-state index contributed by atoms with van der Waals surface area (Å²) in [5, 5.41) is 0. The molecule has 2 aromatic carbocycles. The van der Waals surface area contributed by atoms with E-state index in [1.165, 1.54) is 34.9 Å². The molecule has 0 radical (unpaired) electrons. The standard InChI is InChI=1S/C19H21N3O4S2/c1-15-10-12-21(13-11-15)27(23,24)16-6-8-17(9-7-16)28(25,26)22-14-20-18-4-2-3-5-19(18)22/h2-9,14-15H,10-13H2,1H3. The van der Waals surface area contributed by atoms with Crippen molar-refractivity contribution in [1.29, 1.82) is 0 Å². The SMILES string of the molecule is CC1CCN(S(=O)(=O)c2ccc(S(=O)(=O)n3cnc4ccccc43)cc2)CC1. The summed E-state index contributed by atoms with van der Waals surface area (Å²) in [4.78, 5) is 4.24. The normalized spacial score (nSPS) is 17.2. The smallest absolute Gasteiger partial charge is 0.236 e. The van der Waals surface area contributed by atoms with Crippen molar-refractivity contribution in [3.8, 4) is 0 Å². The van der Waals surface area contributed by atoms with Crippen LogP contribution in [-0.4, -0.2) is 43.2 Å². The van der Waals surface area contributed by atoms with Crippen molar-refractivity contribution >= 4 is 31.1 Å². The lowest BCUT2D eigenvalue weighted by Crippen LogP contribution is -2.37. The van der Waals surface area contributed by atoms with Crippen LogP contribution in [0.15, 0.2) is 64.6 Å². The van der Waals surface area contributed by atoms with Crippen LogP contribution in [0.25, 0.3) is 11.0 Å². The molecule has 2 heterocycles. The minimum absolute atomic E-state index is 0.0156. The summed E-state index contributed by atoms with van der Waals surface area (Å²) in [6.45, 7) is 3.10. The van der Waals surface area contributed by atoms with Crippen LogP contribution in [0.4, 0.5) is 0 Å². The number of rotatable bonds is 4. The maximum atomic E-state index is 13.0. The van der Waals surface area contributed by atoms with Gasteiger partial charge in [0.15, 0.2) is 0 Å². The van der Waals surface area contributed by atoms with Crippen LogP contribution >= 0.6 is 0 Å². The number of hydrogen-bond acceptors (Lipinski definition) is 5. The van der Waals surface area contributed by atoms with Crippen LogP contribution in [0.2, 0.25) is 0 Å². The number of benzene rings is 2. The van der Waals surface area contributed by atoms with Gasteiger partial charge in [-0.3, -0.25) is 0 Å². The molecule has 1 aliphatic rings. The van der Waals surface area contributed by atoms with Crippen molar-refractivity contribution in [1.82, 2.24) is 13.3 Å². The van der Waals surface area contributed by atoms with Gasteiger partial charge in [0.2, 0.25) is 10.0 Å². The first-order valence-electron chi connectivity index (χ1n) is 9.08. The van der Waals surface area contributed by atoms with Crippen LogP contribution in [0.3, 0.4) is 0 Å². The van der Waals surface area contributed by atoms with E-state index in [0.29, 0.717) is 30.0 Å². The third-order valence-corrected chi connectivity index (χ3v) is 8.77. The van der Waals surface area contributed by atoms with Gasteiger partial charge in [0.25, 0.3) is 10.0 Å². The molecular formula is C19H21N3O4S2. The quantitative estimate of drug-likeness (QED) is 0.649. The number of nitrogens with zero attached hydrogens (tertiary/aromatic N) is 3. The Bertz CT molecular complexity index is 1210. The van der Waals surface area contributed by atoms with Gasteiger partial charge in [-0.05, 0) is 55.2 Å². The largest absolute Gasteiger partial charge is 0.269 e. The molecule has 0 aliphatic carbocycles. The second-order valence-electron chi connectivity index (χ2n) is 7.09. The maximum Gasteiger partial charge on any atom is 0.269 e. The van der Waals surface area contributed by atoms with Gasteiger partial charge in [0, 0.05) is 13.1 Å². The number of aromatic nitrogens is 2. The van der Waals surface area contributed by atoms with Crippen LogP contribution in [-0.2, 0) is 20.0 Å². The van der Waals surface area contributed by atoms with Gasteiger partial charge in [-0.25, -0.2) is 25.8 Å². The van der Waals surface area contributed by atoms with Gasteiger partial charge in [-0.2, -0.15) is 4.31 Å². The van der Waals surface area contributed by atoms with Crippen molar-refractivity contribution in [2.75, 3.05) is 13.1 Å². The zero-order valence-electron chi connectivity index (χ0n) is 15.4. The van der Waals surface area contributed by atoms with E-state index < -0.39 is 20.0 Å². The molecule has 148 valence electrons. The lowest BCUT2D eigenvalue weighted by atomic mass is 10.0. The zero-order valence-corrected chi connectivity index (χ0v) is 17.0. The first-order chi connectivity index (χ1) is 13.3. The first kappa shape index (κ1) is 19.1. The second kappa shape index (κ2) is 6.98. The summed E-state index contributed by atoms with van der Waals surface area (Å²) in [6, 6.07) is 12.3. The van der Waals surface area contributed by atoms with E-state index in [1.807, 2.05) is 0 Å². The minimum Gasteiger partial charge on any atom is -0.236 e. The third-order valence-electron chi connectivity index (χ3n) is 5.18. The summed E-state index contributed by atoms with van der Waals surface area (Å²) < 4.78 is 54.2. The Hall–Kier alpha value is -2.23. The monoisotopic (exact) mass is 419 g/mol. The summed E-state index contributed by atoms with van der Waals surface area (Å²) in [5.74, 6) is 0.518. The first-order valence-corrected chi connectivity index (χ1v) is 12.0. The van der Waals surface area contributed by atoms with Crippen LogP contribution in [0.5, 0.6) is 0 Å². The Morgan fingerprint density at radius 3 is 2.07 bits per heavy atom. The van der Waals surface area contributed by atoms with Crippen LogP contribution < -0.4 is 0 Å². The summed E-state index contributed by atoms with van der Waals surface area (Å²) in [5.41, 5.74) is 1.05. The molecule has 1 aliphatic heterocycles. The average Bonchev–Trinajstić information content (AvgIpc) is 3.13. The molecule has 0 spiro atoms. The Labute approximate surface area is 164 Å². The molecule has 7 nitrogen and oxygen atoms in total. The molecule has 0 atom stereocenters. The predicted molar refractivity (Wildman–Crippen MR) is 106 cm³/mol. The molecular weight excluding hydrogens is 398 g/mol. The predicted octanol–water partition coefficient (Wildman–Crippen LogP) is 2.69. The Morgan fingerprint density at radius 2 is 1.43 bits per heavy atom. The van der Waals surface area contributed by atoms with Crippen molar-refractivity contribution < 1.29 is 16.8 Å². The lowest BCUT2D eigenvalue weighted by molar-refractivity contribution is 0.288. The van der Waals surface area contributed by atoms with Crippen molar-refractivity contribution in [3.05, 3.63) is 54.9 Å². The van der Waals surface area contributed by atoms with Gasteiger partial charge in [-0.1, -0.05) is 19.1 Å². The molecule has 0 bridgehead atoms. The Kier molecular flexibility index (Phi) is 4.76. The van der Waals surface area contributed by atoms with E-state index in [4.69, 9.17) is 0 Å². The van der Waals surface area contributed by atoms with E-state index in [2.05, 4.69) is 11.9 Å². The van der Waals surface area contributed by atoms with Gasteiger partial charge >= 0.3 is 0 Å². The number of hydrogen-bond donors (Lipinski definition) is 0. The highest BCUT2D eigenvalue weighted by Crippen LogP contribution is 2.25. The number of fused-ring (bicyclic) bond motifs is 1. The molecule has 0 amide bonds. The van der Waals surface area contributed by atoms with Crippen molar-refractivity contribution in [3.63, 3.8) is 0 Å². The highest BCUT2D eigenvalue weighted by molar-refractivity contribution is 7.90. The molecule has 1 fully saturated rings. The molecule has 0 N–H and O–H groups in total. The van der Waals surface area contributed by atoms with Crippen molar-refractivity contribution in [2.45, 2.75) is 29.6 Å². The second-order valence-corrected chi connectivity index (χ2v) is 10.8. The Morgan fingerprint density at radius 1 is 0.857 bits per heavy atom. The number of para-hydroxylation sites is 2. The molecule has 1 aromatic heterocycles. The van der Waals surface area contributed by atoms with Gasteiger partial charge < -0.3 is 0 Å². The summed E-state index contributed by atoms with van der Waals surface area (Å²) >= 11 is 0. The van der Waals surface area contributed by atoms with Gasteiger partial charge in [0.05, 0.1) is 20.8 Å².